The normalized spacial score (nSPS) is 11.5. The van der Waals surface area contributed by atoms with Crippen molar-refractivity contribution >= 4 is 17.7 Å². The van der Waals surface area contributed by atoms with Gasteiger partial charge in [-0.1, -0.05) is 11.8 Å². The van der Waals surface area contributed by atoms with E-state index in [9.17, 15) is 18.0 Å². The van der Waals surface area contributed by atoms with Gasteiger partial charge in [0.25, 0.3) is 0 Å². The molecule has 0 amide bonds. The van der Waals surface area contributed by atoms with E-state index in [0.717, 1.165) is 11.8 Å². The largest absolute Gasteiger partial charge is 0.477 e. The lowest BCUT2D eigenvalue weighted by Gasteiger charge is -2.07. The monoisotopic (exact) mass is 267 g/mol. The highest BCUT2D eigenvalue weighted by molar-refractivity contribution is 7.99. The van der Waals surface area contributed by atoms with Crippen LogP contribution in [0.3, 0.4) is 0 Å². The van der Waals surface area contributed by atoms with Gasteiger partial charge < -0.3 is 9.84 Å². The quantitative estimate of drug-likeness (QED) is 0.504. The highest BCUT2D eigenvalue weighted by atomic mass is 32.2. The van der Waals surface area contributed by atoms with Gasteiger partial charge >= 0.3 is 12.1 Å². The molecule has 1 aromatic rings. The fourth-order valence-electron chi connectivity index (χ4n) is 0.885. The highest BCUT2D eigenvalue weighted by Crippen LogP contribution is 2.20. The van der Waals surface area contributed by atoms with Gasteiger partial charge in [0.1, 0.15) is 12.3 Å². The average Bonchev–Trinajstić information content (AvgIpc) is 2.23. The predicted molar refractivity (Wildman–Crippen MR) is 53.9 cm³/mol. The van der Waals surface area contributed by atoms with Crippen LogP contribution in [0.15, 0.2) is 23.2 Å². The number of carboxylic acids is 1. The van der Waals surface area contributed by atoms with Gasteiger partial charge in [0.05, 0.1) is 5.94 Å². The summed E-state index contributed by atoms with van der Waals surface area (Å²) in [4.78, 5) is 14.6. The van der Waals surface area contributed by atoms with E-state index in [2.05, 4.69) is 9.72 Å². The van der Waals surface area contributed by atoms with Crippen LogP contribution < -0.4 is 0 Å². The zero-order valence-electron chi connectivity index (χ0n) is 8.40. The number of carbonyl (C=O) groups is 1. The van der Waals surface area contributed by atoms with Gasteiger partial charge in [-0.3, -0.25) is 0 Å². The summed E-state index contributed by atoms with van der Waals surface area (Å²) in [6.07, 6.45) is -3.08. The Labute approximate surface area is 98.8 Å². The van der Waals surface area contributed by atoms with Crippen molar-refractivity contribution in [2.24, 2.45) is 0 Å². The summed E-state index contributed by atoms with van der Waals surface area (Å²) < 4.78 is 39.6. The lowest BCUT2D eigenvalue weighted by Crippen LogP contribution is -2.16. The molecular weight excluding hydrogens is 259 g/mol. The molecule has 0 aliphatic rings. The van der Waals surface area contributed by atoms with Gasteiger partial charge in [0, 0.05) is 11.1 Å². The number of halogens is 3. The lowest BCUT2D eigenvalue weighted by atomic mass is 10.4. The molecule has 94 valence electrons. The van der Waals surface area contributed by atoms with Gasteiger partial charge in [-0.15, -0.1) is 0 Å². The Morgan fingerprint density at radius 3 is 2.82 bits per heavy atom. The van der Waals surface area contributed by atoms with Crippen LogP contribution in [0.1, 0.15) is 10.5 Å². The molecule has 0 unspecified atom stereocenters. The molecule has 0 aromatic carbocycles. The molecule has 0 radical (unpaired) electrons. The van der Waals surface area contributed by atoms with Crippen molar-refractivity contribution in [1.82, 2.24) is 4.98 Å². The molecule has 0 aliphatic carbocycles. The molecule has 4 nitrogen and oxygen atoms in total. The molecule has 0 fully saturated rings. The predicted octanol–water partition coefficient (Wildman–Crippen LogP) is 2.41. The Morgan fingerprint density at radius 1 is 1.53 bits per heavy atom. The van der Waals surface area contributed by atoms with E-state index < -0.39 is 18.8 Å². The van der Waals surface area contributed by atoms with Crippen molar-refractivity contribution in [3.05, 3.63) is 24.0 Å². The third-order valence-corrected chi connectivity index (χ3v) is 2.40. The molecule has 17 heavy (non-hydrogen) atoms. The van der Waals surface area contributed by atoms with Crippen LogP contribution in [0.2, 0.25) is 0 Å². The summed E-state index contributed by atoms with van der Waals surface area (Å²) >= 11 is 0.967. The van der Waals surface area contributed by atoms with E-state index >= 15 is 0 Å². The first-order valence-corrected chi connectivity index (χ1v) is 5.34. The first kappa shape index (κ1) is 13.8. The maximum atomic E-state index is 11.7. The van der Waals surface area contributed by atoms with Crippen molar-refractivity contribution in [3.8, 4) is 0 Å². The Morgan fingerprint density at radius 2 is 2.24 bits per heavy atom. The van der Waals surface area contributed by atoms with E-state index in [1.54, 1.807) is 0 Å². The van der Waals surface area contributed by atoms with Gasteiger partial charge in [-0.05, 0) is 12.1 Å². The summed E-state index contributed by atoms with van der Waals surface area (Å²) in [6, 6.07) is 2.76. The Hall–Kier alpha value is -1.28. The topological polar surface area (TPSA) is 59.4 Å². The number of pyridine rings is 1. The summed E-state index contributed by atoms with van der Waals surface area (Å²) in [5, 5.41) is 8.64. The van der Waals surface area contributed by atoms with Gasteiger partial charge in [-0.25, -0.2) is 9.78 Å². The van der Waals surface area contributed by atoms with Gasteiger partial charge in [0.2, 0.25) is 0 Å². The Kier molecular flexibility index (Phi) is 4.76. The zero-order valence-corrected chi connectivity index (χ0v) is 9.22. The van der Waals surface area contributed by atoms with Crippen LogP contribution in [0.5, 0.6) is 0 Å². The number of hydrogen-bond donors (Lipinski definition) is 1. The third kappa shape index (κ3) is 5.55. The smallest absolute Gasteiger partial charge is 0.411 e. The van der Waals surface area contributed by atoms with Crippen molar-refractivity contribution in [1.29, 1.82) is 0 Å². The second-order valence-electron chi connectivity index (χ2n) is 2.91. The maximum absolute atomic E-state index is 11.7. The number of nitrogens with zero attached hydrogens (tertiary/aromatic N) is 1. The fourth-order valence-corrected chi connectivity index (χ4v) is 1.54. The van der Waals surface area contributed by atoms with E-state index in [4.69, 9.17) is 5.11 Å². The molecule has 0 bridgehead atoms. The van der Waals surface area contributed by atoms with E-state index in [-0.39, 0.29) is 11.6 Å². The SMILES string of the molecule is O=C(O)c1cc(SCOCC(F)(F)F)ccn1. The maximum Gasteiger partial charge on any atom is 0.411 e. The molecule has 0 atom stereocenters. The van der Waals surface area contributed by atoms with Crippen LogP contribution in [0, 0.1) is 0 Å². The Bertz CT molecular complexity index is 397. The molecular formula is C9H8F3NO3S. The number of rotatable bonds is 5. The first-order valence-electron chi connectivity index (χ1n) is 4.35. The summed E-state index contributed by atoms with van der Waals surface area (Å²) in [6.45, 7) is -1.32. The molecule has 0 spiro atoms. The number of hydrogen-bond acceptors (Lipinski definition) is 4. The van der Waals surface area contributed by atoms with Crippen LogP contribution in [0.25, 0.3) is 0 Å². The standard InChI is InChI=1S/C9H8F3NO3S/c10-9(11,12)4-16-5-17-6-1-2-13-7(3-6)8(14)15/h1-3H,4-5H2,(H,14,15). The minimum absolute atomic E-state index is 0.161. The molecule has 0 aliphatic heterocycles. The molecule has 8 heteroatoms. The van der Waals surface area contributed by atoms with Crippen LogP contribution in [-0.2, 0) is 4.74 Å². The van der Waals surface area contributed by atoms with E-state index in [1.165, 1.54) is 18.3 Å². The van der Waals surface area contributed by atoms with Crippen molar-refractivity contribution in [2.75, 3.05) is 12.5 Å². The minimum atomic E-state index is -4.36. The second-order valence-corrected chi connectivity index (χ2v) is 3.90. The summed E-state index contributed by atoms with van der Waals surface area (Å²) in [5.41, 5.74) is -0.161. The first-order chi connectivity index (χ1) is 7.88. The van der Waals surface area contributed by atoms with Crippen LogP contribution in [0.4, 0.5) is 13.2 Å². The molecule has 0 saturated heterocycles. The number of aromatic nitrogens is 1. The molecule has 1 N–H and O–H groups in total. The van der Waals surface area contributed by atoms with E-state index in [0.29, 0.717) is 4.90 Å². The van der Waals surface area contributed by atoms with E-state index in [1.807, 2.05) is 0 Å². The molecule has 1 aromatic heterocycles. The fraction of sp³-hybridized carbons (Fsp3) is 0.333. The van der Waals surface area contributed by atoms with Crippen LogP contribution >= 0.6 is 11.8 Å². The Balaban J connectivity index is 2.42. The van der Waals surface area contributed by atoms with Gasteiger partial charge in [-0.2, -0.15) is 13.2 Å². The number of ether oxygens (including phenoxy) is 1. The van der Waals surface area contributed by atoms with Crippen LogP contribution in [-0.4, -0.2) is 34.8 Å². The van der Waals surface area contributed by atoms with Crippen molar-refractivity contribution < 1.29 is 27.8 Å². The number of alkyl halides is 3. The second kappa shape index (κ2) is 5.87. The van der Waals surface area contributed by atoms with Gasteiger partial charge in [0.15, 0.2) is 0 Å². The number of thioether (sulfide) groups is 1. The highest BCUT2D eigenvalue weighted by Gasteiger charge is 2.27. The lowest BCUT2D eigenvalue weighted by molar-refractivity contribution is -0.168. The molecule has 1 heterocycles. The third-order valence-electron chi connectivity index (χ3n) is 1.53. The summed E-state index contributed by atoms with van der Waals surface area (Å²) in [5.74, 6) is -1.40. The van der Waals surface area contributed by atoms with Crippen molar-refractivity contribution in [2.45, 2.75) is 11.1 Å². The number of carboxylic acid groups (broad SMARTS) is 1. The van der Waals surface area contributed by atoms with Crippen molar-refractivity contribution in [3.63, 3.8) is 0 Å². The average molecular weight is 267 g/mol. The summed E-state index contributed by atoms with van der Waals surface area (Å²) in [7, 11) is 0. The molecule has 1 rings (SSSR count). The number of aromatic carboxylic acids is 1. The minimum Gasteiger partial charge on any atom is -0.477 e. The molecule has 0 saturated carbocycles. The zero-order chi connectivity index (χ0) is 12.9.